The fourth-order valence-electron chi connectivity index (χ4n) is 7.62. The molecule has 0 spiro atoms. The normalized spacial score (nSPS) is 11.5. The van der Waals surface area contributed by atoms with Crippen LogP contribution in [0.2, 0.25) is 0 Å². The van der Waals surface area contributed by atoms with Crippen molar-refractivity contribution in [3.63, 3.8) is 0 Å². The van der Waals surface area contributed by atoms with Crippen LogP contribution in [0.25, 0.3) is 0 Å². The first-order valence-corrected chi connectivity index (χ1v) is 27.1. The largest absolute Gasteiger partial charge is 0.466 e. The van der Waals surface area contributed by atoms with Crippen LogP contribution < -0.4 is 0 Å². The molecule has 60 heavy (non-hydrogen) atoms. The number of carbonyl (C=O) groups excluding carboxylic acids is 2. The minimum absolute atomic E-state index is 0.00688. The van der Waals surface area contributed by atoms with Crippen molar-refractivity contribution in [1.29, 1.82) is 0 Å². The summed E-state index contributed by atoms with van der Waals surface area (Å²) in [6.45, 7) is 12.6. The number of allylic oxidation sites excluding steroid dienone is 4. The van der Waals surface area contributed by atoms with Crippen molar-refractivity contribution >= 4 is 11.9 Å². The van der Waals surface area contributed by atoms with E-state index in [2.05, 4.69) is 58.9 Å². The Balaban J connectivity index is 0. The Morgan fingerprint density at radius 3 is 0.883 bits per heavy atom. The van der Waals surface area contributed by atoms with Crippen molar-refractivity contribution in [1.82, 2.24) is 0 Å². The molecule has 0 radical (unpaired) electrons. The minimum Gasteiger partial charge on any atom is -0.466 e. The third-order valence-electron chi connectivity index (χ3n) is 11.7. The molecule has 0 aromatic carbocycles. The number of rotatable bonds is 47. The van der Waals surface area contributed by atoms with Gasteiger partial charge in [-0.15, -0.1) is 0 Å². The highest BCUT2D eigenvalue weighted by atomic mass is 16.5. The summed E-state index contributed by atoms with van der Waals surface area (Å²) in [6, 6.07) is 0. The smallest absolute Gasteiger partial charge is 0.305 e. The average Bonchev–Trinajstić information content (AvgIpc) is 3.24. The van der Waals surface area contributed by atoms with Crippen LogP contribution in [0.4, 0.5) is 0 Å². The molecule has 0 fully saturated rings. The van der Waals surface area contributed by atoms with E-state index in [-0.39, 0.29) is 11.9 Å². The standard InChI is InChI=1S/2C28H54O2/c1-4-5-6-7-8-9-10-11-12-13-14-15-16-19-22-25-28(29)30-26-23-20-17-18-21-24-27(2)3;1-3-5-7-9-11-13-14-15-16-17-18-19-20-22-24-26-28(29)30-27-25-23-21-12-10-8-6-4-2/h11-12,27H,4-10,13-26H2,1-3H3;15-16H,3-14,17-27H2,1-2H3. The molecule has 0 aliphatic heterocycles. The summed E-state index contributed by atoms with van der Waals surface area (Å²) in [5.41, 5.74) is 0. The Labute approximate surface area is 377 Å². The van der Waals surface area contributed by atoms with E-state index < -0.39 is 0 Å². The Kier molecular flexibility index (Phi) is 55.9. The first kappa shape index (κ1) is 60.5. The molecular formula is C56H108O4. The fourth-order valence-corrected chi connectivity index (χ4v) is 7.62. The topological polar surface area (TPSA) is 52.6 Å². The van der Waals surface area contributed by atoms with Crippen molar-refractivity contribution in [2.75, 3.05) is 13.2 Å². The quantitative estimate of drug-likeness (QED) is 0.0348. The second-order valence-electron chi connectivity index (χ2n) is 18.5. The summed E-state index contributed by atoms with van der Waals surface area (Å²) in [5, 5.41) is 0. The number of hydrogen-bond donors (Lipinski definition) is 0. The van der Waals surface area contributed by atoms with Crippen molar-refractivity contribution in [3.05, 3.63) is 24.3 Å². The van der Waals surface area contributed by atoms with Crippen LogP contribution in [-0.2, 0) is 19.1 Å². The minimum atomic E-state index is 0.00688. The molecule has 0 aliphatic carbocycles. The molecule has 0 N–H and O–H groups in total. The van der Waals surface area contributed by atoms with E-state index in [0.717, 1.165) is 44.4 Å². The van der Waals surface area contributed by atoms with Crippen LogP contribution in [0.15, 0.2) is 24.3 Å². The first-order chi connectivity index (χ1) is 29.5. The zero-order valence-corrected chi connectivity index (χ0v) is 41.6. The zero-order valence-electron chi connectivity index (χ0n) is 41.6. The Morgan fingerprint density at radius 1 is 0.333 bits per heavy atom. The van der Waals surface area contributed by atoms with Gasteiger partial charge in [0.15, 0.2) is 0 Å². The summed E-state index contributed by atoms with van der Waals surface area (Å²) in [7, 11) is 0. The lowest BCUT2D eigenvalue weighted by atomic mass is 10.0. The highest BCUT2D eigenvalue weighted by Gasteiger charge is 2.04. The van der Waals surface area contributed by atoms with Gasteiger partial charge >= 0.3 is 11.9 Å². The van der Waals surface area contributed by atoms with E-state index in [1.165, 1.54) is 218 Å². The van der Waals surface area contributed by atoms with Crippen molar-refractivity contribution < 1.29 is 19.1 Å². The molecule has 0 unspecified atom stereocenters. The molecule has 0 heterocycles. The molecule has 0 atom stereocenters. The molecule has 4 nitrogen and oxygen atoms in total. The summed E-state index contributed by atoms with van der Waals surface area (Å²) >= 11 is 0. The van der Waals surface area contributed by atoms with E-state index in [1.54, 1.807) is 0 Å². The fraction of sp³-hybridized carbons (Fsp3) is 0.893. The van der Waals surface area contributed by atoms with Gasteiger partial charge in [-0.3, -0.25) is 9.59 Å². The number of unbranched alkanes of at least 4 members (excludes halogenated alkanes) is 33. The van der Waals surface area contributed by atoms with Crippen LogP contribution in [-0.4, -0.2) is 25.2 Å². The molecule has 0 bridgehead atoms. The van der Waals surface area contributed by atoms with Gasteiger partial charge in [-0.1, -0.05) is 239 Å². The Morgan fingerprint density at radius 2 is 0.583 bits per heavy atom. The number of esters is 2. The van der Waals surface area contributed by atoms with Crippen molar-refractivity contribution in [2.45, 2.75) is 304 Å². The Bertz CT molecular complexity index is 876. The van der Waals surface area contributed by atoms with Crippen LogP contribution in [0.1, 0.15) is 304 Å². The SMILES string of the molecule is CCCCCCCCC=CCCCCCCCC(=O)OCCCCCCCC(C)C.CCCCCCCCC=CCCCCCCCC(=O)OCCCCCCCCCC. The lowest BCUT2D eigenvalue weighted by Gasteiger charge is -2.06. The lowest BCUT2D eigenvalue weighted by Crippen LogP contribution is -2.05. The zero-order chi connectivity index (χ0) is 44.1. The maximum absolute atomic E-state index is 11.8. The van der Waals surface area contributed by atoms with Gasteiger partial charge in [0.2, 0.25) is 0 Å². The second kappa shape index (κ2) is 55.4. The predicted octanol–water partition coefficient (Wildman–Crippen LogP) is 19.3. The van der Waals surface area contributed by atoms with Gasteiger partial charge in [-0.2, -0.15) is 0 Å². The van der Waals surface area contributed by atoms with E-state index in [0.29, 0.717) is 26.1 Å². The molecule has 0 amide bonds. The number of ether oxygens (including phenoxy) is 2. The molecule has 0 aliphatic rings. The van der Waals surface area contributed by atoms with E-state index in [1.807, 2.05) is 0 Å². The molecule has 0 saturated carbocycles. The van der Waals surface area contributed by atoms with Gasteiger partial charge in [0, 0.05) is 12.8 Å². The third-order valence-corrected chi connectivity index (χ3v) is 11.7. The summed E-state index contributed by atoms with van der Waals surface area (Å²) in [4.78, 5) is 23.5. The van der Waals surface area contributed by atoms with Crippen LogP contribution >= 0.6 is 0 Å². The maximum atomic E-state index is 11.8. The lowest BCUT2D eigenvalue weighted by molar-refractivity contribution is -0.144. The highest BCUT2D eigenvalue weighted by molar-refractivity contribution is 5.69. The molecule has 356 valence electrons. The molecular weight excluding hydrogens is 737 g/mol. The molecule has 4 heteroatoms. The predicted molar refractivity (Wildman–Crippen MR) is 266 cm³/mol. The first-order valence-electron chi connectivity index (χ1n) is 27.1. The van der Waals surface area contributed by atoms with Gasteiger partial charge < -0.3 is 9.47 Å². The number of carbonyl (C=O) groups is 2. The van der Waals surface area contributed by atoms with E-state index in [9.17, 15) is 9.59 Å². The van der Waals surface area contributed by atoms with Crippen LogP contribution in [0.3, 0.4) is 0 Å². The van der Waals surface area contributed by atoms with Gasteiger partial charge in [0.1, 0.15) is 0 Å². The van der Waals surface area contributed by atoms with Gasteiger partial charge in [0.05, 0.1) is 13.2 Å². The summed E-state index contributed by atoms with van der Waals surface area (Å²) in [5.74, 6) is 0.838. The van der Waals surface area contributed by atoms with Crippen molar-refractivity contribution in [2.24, 2.45) is 5.92 Å². The summed E-state index contributed by atoms with van der Waals surface area (Å²) in [6.07, 6.45) is 62.0. The maximum Gasteiger partial charge on any atom is 0.305 e. The molecule has 0 saturated heterocycles. The van der Waals surface area contributed by atoms with E-state index >= 15 is 0 Å². The highest BCUT2D eigenvalue weighted by Crippen LogP contribution is 2.14. The summed E-state index contributed by atoms with van der Waals surface area (Å²) < 4.78 is 10.7. The molecule has 0 rings (SSSR count). The molecule has 0 aromatic rings. The van der Waals surface area contributed by atoms with Gasteiger partial charge in [-0.05, 0) is 83.0 Å². The van der Waals surface area contributed by atoms with Gasteiger partial charge in [0.25, 0.3) is 0 Å². The van der Waals surface area contributed by atoms with Crippen LogP contribution in [0.5, 0.6) is 0 Å². The second-order valence-corrected chi connectivity index (χ2v) is 18.5. The Hall–Kier alpha value is -1.58. The van der Waals surface area contributed by atoms with Gasteiger partial charge in [-0.25, -0.2) is 0 Å². The average molecular weight is 845 g/mol. The van der Waals surface area contributed by atoms with E-state index in [4.69, 9.17) is 9.47 Å². The monoisotopic (exact) mass is 845 g/mol. The van der Waals surface area contributed by atoms with Crippen molar-refractivity contribution in [3.8, 4) is 0 Å². The third kappa shape index (κ3) is 58.5. The van der Waals surface area contributed by atoms with Crippen LogP contribution in [0, 0.1) is 5.92 Å². The number of hydrogen-bond acceptors (Lipinski definition) is 4. The molecule has 0 aromatic heterocycles.